The number of aromatic amines is 1. The van der Waals surface area contributed by atoms with E-state index >= 15 is 0 Å². The number of aromatic nitrogens is 1. The lowest BCUT2D eigenvalue weighted by molar-refractivity contribution is -0.143. The van der Waals surface area contributed by atoms with Gasteiger partial charge in [0, 0.05) is 36.4 Å². The number of para-hydroxylation sites is 1. The van der Waals surface area contributed by atoms with E-state index in [4.69, 9.17) is 22.3 Å². The molecule has 1 aromatic heterocycles. The van der Waals surface area contributed by atoms with Crippen LogP contribution in [0.2, 0.25) is 0 Å². The standard InChI is InChI=1S/C58H85N13O19/c1-29(2)47(70-55(86)42(26-46(78)79)68-51(82)37(13-7-9-21-59)63-56(87)43(28-72)69-49(80)35(61)25-45(76)77)57(88)65-38(14-8-10-22-60)50(81)64-39(19-20-44(74)75)52(83)67-41(24-32-27-62-36-12-6-5-11-34(32)36)53(84)66-40(23-31-15-17-33(73)18-16-31)54(85)71-48(30(3)4)58(89)90/h5-6,11-12,15-18,27,29-30,35,37-43,47-48,62,72-73H,7-10,13-14,19-26,28,59-61H2,1-4H3,(H,63,87)(H,64,81)(H,65,88)(H,66,84)(H,67,83)(H,68,82)(H,69,80)(H,70,86)(H,71,85)(H,74,75)(H,76,77)(H,78,79)(H,89,90)/t35-,37-,38-,39-,40-,41-,42-,43-,47-,48-/m0/s1. The number of hydrogen-bond donors (Lipinski definition) is 19. The van der Waals surface area contributed by atoms with Crippen molar-refractivity contribution in [3.05, 3.63) is 65.9 Å². The van der Waals surface area contributed by atoms with Crippen molar-refractivity contribution in [2.24, 2.45) is 29.0 Å². The lowest BCUT2D eigenvalue weighted by Crippen LogP contribution is -2.61. The zero-order valence-electron chi connectivity index (χ0n) is 50.5. The number of hydrogen-bond acceptors (Lipinski definition) is 18. The topological polar surface area (TPSA) is 545 Å². The molecular weight excluding hydrogens is 1180 g/mol. The van der Waals surface area contributed by atoms with Gasteiger partial charge in [-0.25, -0.2) is 4.79 Å². The van der Waals surface area contributed by atoms with Crippen molar-refractivity contribution < 1.29 is 93.0 Å². The number of benzene rings is 2. The quantitative estimate of drug-likeness (QED) is 0.0249. The number of nitrogens with two attached hydrogens (primary N) is 3. The number of nitrogens with one attached hydrogen (secondary N) is 10. The molecule has 0 spiro atoms. The second kappa shape index (κ2) is 37.5. The smallest absolute Gasteiger partial charge is 0.326 e. The number of phenolic OH excluding ortho intramolecular Hbond substituents is 1. The number of H-pyrrole nitrogens is 1. The number of aliphatic hydroxyl groups excluding tert-OH is 1. The van der Waals surface area contributed by atoms with Crippen LogP contribution in [0, 0.1) is 11.8 Å². The molecule has 0 bridgehead atoms. The summed E-state index contributed by atoms with van der Waals surface area (Å²) >= 11 is 0. The molecule has 0 saturated heterocycles. The van der Waals surface area contributed by atoms with Crippen LogP contribution in [0.15, 0.2) is 54.7 Å². The van der Waals surface area contributed by atoms with Crippen LogP contribution in [-0.4, -0.2) is 193 Å². The Morgan fingerprint density at radius 1 is 0.467 bits per heavy atom. The van der Waals surface area contributed by atoms with Crippen molar-refractivity contribution >= 4 is 87.9 Å². The summed E-state index contributed by atoms with van der Waals surface area (Å²) < 4.78 is 0. The van der Waals surface area contributed by atoms with Crippen molar-refractivity contribution in [3.63, 3.8) is 0 Å². The minimum absolute atomic E-state index is 0.109. The lowest BCUT2D eigenvalue weighted by atomic mass is 9.99. The molecule has 32 heteroatoms. The molecule has 10 atom stereocenters. The molecule has 0 aliphatic rings. The van der Waals surface area contributed by atoms with E-state index in [2.05, 4.69) is 52.8 Å². The first kappa shape index (κ1) is 75.0. The number of aromatic hydroxyl groups is 1. The van der Waals surface area contributed by atoms with Gasteiger partial charge in [-0.1, -0.05) is 58.0 Å². The summed E-state index contributed by atoms with van der Waals surface area (Å²) in [6.07, 6.45) is -1.53. The molecule has 0 unspecified atom stereocenters. The number of carboxylic acids is 4. The number of phenols is 1. The van der Waals surface area contributed by atoms with E-state index in [-0.39, 0.29) is 57.4 Å². The molecule has 0 aliphatic carbocycles. The molecule has 90 heavy (non-hydrogen) atoms. The largest absolute Gasteiger partial charge is 0.508 e. The van der Waals surface area contributed by atoms with Crippen LogP contribution in [0.25, 0.3) is 10.9 Å². The van der Waals surface area contributed by atoms with E-state index in [0.717, 1.165) is 0 Å². The van der Waals surface area contributed by atoms with Gasteiger partial charge in [0.15, 0.2) is 0 Å². The predicted molar refractivity (Wildman–Crippen MR) is 321 cm³/mol. The van der Waals surface area contributed by atoms with Crippen molar-refractivity contribution in [2.45, 2.75) is 165 Å². The maximum atomic E-state index is 14.7. The Labute approximate surface area is 517 Å². The Morgan fingerprint density at radius 3 is 1.40 bits per heavy atom. The van der Waals surface area contributed by atoms with Gasteiger partial charge in [0.25, 0.3) is 0 Å². The Morgan fingerprint density at radius 2 is 0.900 bits per heavy atom. The van der Waals surface area contributed by atoms with E-state index in [1.807, 2.05) is 0 Å². The van der Waals surface area contributed by atoms with Crippen molar-refractivity contribution in [3.8, 4) is 5.75 Å². The highest BCUT2D eigenvalue weighted by Crippen LogP contribution is 2.21. The third-order valence-corrected chi connectivity index (χ3v) is 14.2. The van der Waals surface area contributed by atoms with Crippen LogP contribution < -0.4 is 65.1 Å². The van der Waals surface area contributed by atoms with Gasteiger partial charge in [-0.3, -0.25) is 57.5 Å². The summed E-state index contributed by atoms with van der Waals surface area (Å²) in [5, 5.41) is 80.8. The summed E-state index contributed by atoms with van der Waals surface area (Å²) in [7, 11) is 0. The molecule has 0 radical (unpaired) electrons. The monoisotopic (exact) mass is 1270 g/mol. The summed E-state index contributed by atoms with van der Waals surface area (Å²) in [5.74, 6) is -17.1. The van der Waals surface area contributed by atoms with Gasteiger partial charge in [-0.05, 0) is 99.2 Å². The maximum absolute atomic E-state index is 14.7. The van der Waals surface area contributed by atoms with Gasteiger partial charge in [0.05, 0.1) is 25.5 Å². The minimum Gasteiger partial charge on any atom is -0.508 e. The first-order valence-corrected chi connectivity index (χ1v) is 29.2. The van der Waals surface area contributed by atoms with Crippen LogP contribution >= 0.6 is 0 Å². The summed E-state index contributed by atoms with van der Waals surface area (Å²) in [5.41, 5.74) is 18.5. The first-order chi connectivity index (χ1) is 42.5. The SMILES string of the molecule is CC(C)[C@H](NC(=O)[C@H](Cc1ccc(O)cc1)NC(=O)[C@H](Cc1c[nH]c2ccccc12)NC(=O)[C@H](CCC(=O)O)NC(=O)[C@H](CCCCN)NC(=O)[C@@H](NC(=O)[C@H](CC(=O)O)NC(=O)[C@H](CCCCN)NC(=O)[C@H](CO)NC(=O)[C@@H](N)CC(=O)O)C(C)C)C(=O)O. The van der Waals surface area contributed by atoms with Gasteiger partial charge in [-0.15, -0.1) is 0 Å². The summed E-state index contributed by atoms with van der Waals surface area (Å²) in [6.45, 7) is 5.28. The Kier molecular flexibility index (Phi) is 31.3. The second-order valence-corrected chi connectivity index (χ2v) is 22.1. The first-order valence-electron chi connectivity index (χ1n) is 29.2. The number of carboxylic acid groups (broad SMARTS) is 4. The molecule has 0 saturated carbocycles. The highest BCUT2D eigenvalue weighted by molar-refractivity contribution is 6.00. The van der Waals surface area contributed by atoms with Gasteiger partial charge in [-0.2, -0.15) is 0 Å². The number of carbonyl (C=O) groups is 13. The zero-order chi connectivity index (χ0) is 67.4. The fourth-order valence-electron chi connectivity index (χ4n) is 9.18. The summed E-state index contributed by atoms with van der Waals surface area (Å²) in [4.78, 5) is 176. The van der Waals surface area contributed by atoms with Crippen molar-refractivity contribution in [1.82, 2.24) is 52.8 Å². The Hall–Kier alpha value is -9.27. The summed E-state index contributed by atoms with van der Waals surface area (Å²) in [6, 6.07) is -3.74. The molecule has 1 heterocycles. The molecule has 9 amide bonds. The average molecular weight is 1270 g/mol. The number of aliphatic hydroxyl groups is 1. The highest BCUT2D eigenvalue weighted by atomic mass is 16.4. The fraction of sp³-hybridized carbons (Fsp3) is 0.534. The number of fused-ring (bicyclic) bond motifs is 1. The number of aliphatic carboxylic acids is 4. The Balaban J connectivity index is 1.98. The fourth-order valence-corrected chi connectivity index (χ4v) is 9.18. The van der Waals surface area contributed by atoms with Crippen molar-refractivity contribution in [1.29, 1.82) is 0 Å². The van der Waals surface area contributed by atoms with Gasteiger partial charge in [0.1, 0.15) is 60.1 Å². The van der Waals surface area contributed by atoms with Crippen LogP contribution in [0.5, 0.6) is 5.75 Å². The van der Waals surface area contributed by atoms with Gasteiger partial charge >= 0.3 is 23.9 Å². The lowest BCUT2D eigenvalue weighted by Gasteiger charge is -2.29. The number of unbranched alkanes of at least 4 members (excludes halogenated alkanes) is 2. The van der Waals surface area contributed by atoms with Gasteiger partial charge < -0.3 is 101 Å². The minimum atomic E-state index is -1.95. The molecule has 0 fully saturated rings. The molecule has 2 aromatic carbocycles. The molecule has 3 aromatic rings. The van der Waals surface area contributed by atoms with E-state index in [1.165, 1.54) is 38.1 Å². The second-order valence-electron chi connectivity index (χ2n) is 22.1. The van der Waals surface area contributed by atoms with E-state index < -0.39 is 182 Å². The number of carbonyl (C=O) groups excluding carboxylic acids is 9. The predicted octanol–water partition coefficient (Wildman–Crippen LogP) is -3.19. The number of amides is 9. The molecule has 32 nitrogen and oxygen atoms in total. The average Bonchev–Trinajstić information content (AvgIpc) is 1.81. The molecule has 496 valence electrons. The van der Waals surface area contributed by atoms with Gasteiger partial charge in [0.2, 0.25) is 53.2 Å². The van der Waals surface area contributed by atoms with Crippen LogP contribution in [-0.2, 0) is 75.2 Å². The van der Waals surface area contributed by atoms with Crippen LogP contribution in [0.1, 0.15) is 103 Å². The molecule has 3 rings (SSSR count). The van der Waals surface area contributed by atoms with E-state index in [0.29, 0.717) is 34.9 Å². The number of rotatable bonds is 41. The molecule has 0 aliphatic heterocycles. The molecule has 22 N–H and O–H groups in total. The maximum Gasteiger partial charge on any atom is 0.326 e. The van der Waals surface area contributed by atoms with Crippen LogP contribution in [0.4, 0.5) is 0 Å². The zero-order valence-corrected chi connectivity index (χ0v) is 50.5. The van der Waals surface area contributed by atoms with Crippen LogP contribution in [0.3, 0.4) is 0 Å². The van der Waals surface area contributed by atoms with E-state index in [1.54, 1.807) is 44.3 Å². The highest BCUT2D eigenvalue weighted by Gasteiger charge is 2.38. The van der Waals surface area contributed by atoms with E-state index in [9.17, 15) is 87.9 Å². The molecular formula is C58H85N13O19. The normalized spacial score (nSPS) is 14.6. The third-order valence-electron chi connectivity index (χ3n) is 14.2. The van der Waals surface area contributed by atoms with Crippen molar-refractivity contribution in [2.75, 3.05) is 19.7 Å². The Bertz CT molecular complexity index is 2980. The third kappa shape index (κ3) is 25.1.